The maximum Gasteiger partial charge on any atom is 0.273 e. The number of hydrogen-bond acceptors (Lipinski definition) is 5. The molecule has 2 aliphatic rings. The number of ether oxygens (including phenoxy) is 1. The molecule has 8 heteroatoms. The fraction of sp³-hybridized carbons (Fsp3) is 0.385. The summed E-state index contributed by atoms with van der Waals surface area (Å²) >= 11 is 0. The molecule has 21 heavy (non-hydrogen) atoms. The summed E-state index contributed by atoms with van der Waals surface area (Å²) in [7, 11) is -3.88. The van der Waals surface area contributed by atoms with Crippen LogP contribution in [-0.2, 0) is 16.4 Å². The van der Waals surface area contributed by atoms with Crippen LogP contribution >= 0.6 is 0 Å². The lowest BCUT2D eigenvalue weighted by atomic mass is 10.1. The van der Waals surface area contributed by atoms with Crippen LogP contribution in [0.25, 0.3) is 0 Å². The zero-order valence-electron chi connectivity index (χ0n) is 11.1. The van der Waals surface area contributed by atoms with E-state index in [-0.39, 0.29) is 17.3 Å². The predicted octanol–water partition coefficient (Wildman–Crippen LogP) is 0.937. The first-order valence-corrected chi connectivity index (χ1v) is 8.31. The maximum absolute atomic E-state index is 11.6. The molecule has 1 atom stereocenters. The summed E-state index contributed by atoms with van der Waals surface area (Å²) in [6, 6.07) is 7.85. The number of benzene rings is 1. The van der Waals surface area contributed by atoms with Crippen molar-refractivity contribution in [3.05, 3.63) is 35.7 Å². The Kier molecular flexibility index (Phi) is 2.61. The largest absolute Gasteiger partial charge is 0.482 e. The van der Waals surface area contributed by atoms with Crippen molar-refractivity contribution in [3.8, 4) is 5.75 Å². The van der Waals surface area contributed by atoms with Gasteiger partial charge in [0.2, 0.25) is 0 Å². The number of para-hydroxylation sites is 1. The van der Waals surface area contributed by atoms with Crippen LogP contribution in [0.1, 0.15) is 36.4 Å². The summed E-state index contributed by atoms with van der Waals surface area (Å²) in [5.74, 6) is 1.35. The Morgan fingerprint density at radius 1 is 1.24 bits per heavy atom. The zero-order chi connectivity index (χ0) is 14.6. The summed E-state index contributed by atoms with van der Waals surface area (Å²) in [4.78, 5) is 0. The zero-order valence-corrected chi connectivity index (χ0v) is 12.0. The van der Waals surface area contributed by atoms with Gasteiger partial charge in [0.1, 0.15) is 5.75 Å². The fourth-order valence-corrected chi connectivity index (χ4v) is 3.38. The standard InChI is InChI=1S/C13H14N4O3S/c14-21(18,19)13-16-15-12(17(13)9-5-6-9)11-7-8-3-1-2-4-10(8)20-11/h1-4,9,11H,5-7H2,(H2,14,18,19). The Hall–Kier alpha value is -1.93. The average molecular weight is 306 g/mol. The highest BCUT2D eigenvalue weighted by molar-refractivity contribution is 7.89. The highest BCUT2D eigenvalue weighted by atomic mass is 32.2. The molecule has 4 rings (SSSR count). The summed E-state index contributed by atoms with van der Waals surface area (Å²) in [5.41, 5.74) is 1.09. The van der Waals surface area contributed by atoms with E-state index in [4.69, 9.17) is 9.88 Å². The van der Waals surface area contributed by atoms with Gasteiger partial charge in [-0.1, -0.05) is 18.2 Å². The van der Waals surface area contributed by atoms with Crippen LogP contribution in [0.15, 0.2) is 29.4 Å². The highest BCUT2D eigenvalue weighted by Crippen LogP contribution is 2.42. The third kappa shape index (κ3) is 2.11. The van der Waals surface area contributed by atoms with Crippen molar-refractivity contribution in [2.45, 2.75) is 36.6 Å². The second-order valence-corrected chi connectivity index (χ2v) is 6.86. The van der Waals surface area contributed by atoms with E-state index in [0.29, 0.717) is 12.2 Å². The second kappa shape index (κ2) is 4.28. The SMILES string of the molecule is NS(=O)(=O)c1nnc(C2Cc3ccccc3O2)n1C1CC1. The third-order valence-electron chi connectivity index (χ3n) is 3.79. The van der Waals surface area contributed by atoms with Crippen LogP contribution in [-0.4, -0.2) is 23.2 Å². The van der Waals surface area contributed by atoms with Gasteiger partial charge in [0, 0.05) is 12.5 Å². The summed E-state index contributed by atoms with van der Waals surface area (Å²) in [6.07, 6.45) is 2.16. The van der Waals surface area contributed by atoms with Gasteiger partial charge in [-0.15, -0.1) is 10.2 Å². The Morgan fingerprint density at radius 2 is 2.00 bits per heavy atom. The van der Waals surface area contributed by atoms with E-state index in [9.17, 15) is 8.42 Å². The van der Waals surface area contributed by atoms with Crippen molar-refractivity contribution in [1.82, 2.24) is 14.8 Å². The van der Waals surface area contributed by atoms with Crippen LogP contribution in [0.5, 0.6) is 5.75 Å². The van der Waals surface area contributed by atoms with Gasteiger partial charge in [-0.2, -0.15) is 0 Å². The van der Waals surface area contributed by atoms with Crippen LogP contribution in [0, 0.1) is 0 Å². The molecule has 1 aliphatic carbocycles. The molecular weight excluding hydrogens is 292 g/mol. The number of nitrogens with two attached hydrogens (primary N) is 1. The maximum atomic E-state index is 11.6. The molecule has 1 fully saturated rings. The normalized spacial score (nSPS) is 21.1. The third-order valence-corrected chi connectivity index (χ3v) is 4.58. The lowest BCUT2D eigenvalue weighted by Crippen LogP contribution is -2.20. The number of rotatable bonds is 3. The molecule has 1 aromatic carbocycles. The molecule has 0 spiro atoms. The van der Waals surface area contributed by atoms with Crippen LogP contribution in [0.3, 0.4) is 0 Å². The molecule has 7 nitrogen and oxygen atoms in total. The fourth-order valence-electron chi connectivity index (χ4n) is 2.70. The van der Waals surface area contributed by atoms with Gasteiger partial charge in [0.25, 0.3) is 15.2 Å². The lowest BCUT2D eigenvalue weighted by molar-refractivity contribution is 0.220. The molecule has 1 saturated carbocycles. The van der Waals surface area contributed by atoms with Crippen molar-refractivity contribution in [1.29, 1.82) is 0 Å². The van der Waals surface area contributed by atoms with Crippen LogP contribution in [0.2, 0.25) is 0 Å². The monoisotopic (exact) mass is 306 g/mol. The quantitative estimate of drug-likeness (QED) is 0.909. The lowest BCUT2D eigenvalue weighted by Gasteiger charge is -2.12. The minimum atomic E-state index is -3.88. The first-order chi connectivity index (χ1) is 10.0. The Morgan fingerprint density at radius 3 is 2.67 bits per heavy atom. The molecule has 2 heterocycles. The smallest absolute Gasteiger partial charge is 0.273 e. The van der Waals surface area contributed by atoms with Gasteiger partial charge in [0.05, 0.1) is 0 Å². The van der Waals surface area contributed by atoms with Crippen LogP contribution < -0.4 is 9.88 Å². The van der Waals surface area contributed by atoms with Crippen molar-refractivity contribution < 1.29 is 13.2 Å². The molecule has 0 bridgehead atoms. The van der Waals surface area contributed by atoms with E-state index in [0.717, 1.165) is 24.2 Å². The van der Waals surface area contributed by atoms with E-state index in [1.54, 1.807) is 4.57 Å². The molecular formula is C13H14N4O3S. The number of aromatic nitrogens is 3. The minimum Gasteiger partial charge on any atom is -0.482 e. The van der Waals surface area contributed by atoms with Crippen molar-refractivity contribution >= 4 is 10.0 Å². The molecule has 1 unspecified atom stereocenters. The average Bonchev–Trinajstić information content (AvgIpc) is 3.02. The van der Waals surface area contributed by atoms with Gasteiger partial charge in [-0.3, -0.25) is 4.57 Å². The van der Waals surface area contributed by atoms with E-state index in [1.807, 2.05) is 24.3 Å². The Balaban J connectivity index is 1.76. The number of hydrogen-bond donors (Lipinski definition) is 1. The van der Waals surface area contributed by atoms with Gasteiger partial charge in [0.15, 0.2) is 11.9 Å². The van der Waals surface area contributed by atoms with Crippen molar-refractivity contribution in [3.63, 3.8) is 0 Å². The minimum absolute atomic E-state index is 0.107. The molecule has 0 radical (unpaired) electrons. The second-order valence-electron chi connectivity index (χ2n) is 5.41. The van der Waals surface area contributed by atoms with Gasteiger partial charge in [-0.25, -0.2) is 13.6 Å². The number of sulfonamides is 1. The summed E-state index contributed by atoms with van der Waals surface area (Å²) in [6.45, 7) is 0. The predicted molar refractivity (Wildman–Crippen MR) is 73.2 cm³/mol. The molecule has 0 saturated heterocycles. The van der Waals surface area contributed by atoms with E-state index in [2.05, 4.69) is 10.2 Å². The summed E-state index contributed by atoms with van der Waals surface area (Å²) in [5, 5.41) is 12.9. The summed E-state index contributed by atoms with van der Waals surface area (Å²) < 4.78 is 30.8. The Bertz CT molecular complexity index is 786. The molecule has 0 amide bonds. The van der Waals surface area contributed by atoms with Crippen LogP contribution in [0.4, 0.5) is 0 Å². The van der Waals surface area contributed by atoms with Gasteiger partial charge in [-0.05, 0) is 24.5 Å². The molecule has 2 aromatic rings. The first-order valence-electron chi connectivity index (χ1n) is 6.76. The van der Waals surface area contributed by atoms with Gasteiger partial charge >= 0.3 is 0 Å². The van der Waals surface area contributed by atoms with Crippen molar-refractivity contribution in [2.24, 2.45) is 5.14 Å². The first kappa shape index (κ1) is 12.8. The number of fused-ring (bicyclic) bond motifs is 1. The number of primary sulfonamides is 1. The van der Waals surface area contributed by atoms with E-state index >= 15 is 0 Å². The van der Waals surface area contributed by atoms with Gasteiger partial charge < -0.3 is 4.74 Å². The van der Waals surface area contributed by atoms with E-state index < -0.39 is 10.0 Å². The molecule has 1 aliphatic heterocycles. The number of nitrogens with zero attached hydrogens (tertiary/aromatic N) is 3. The molecule has 1 aromatic heterocycles. The molecule has 2 N–H and O–H groups in total. The van der Waals surface area contributed by atoms with E-state index in [1.165, 1.54) is 0 Å². The Labute approximate surface area is 121 Å². The van der Waals surface area contributed by atoms with Crippen molar-refractivity contribution in [2.75, 3.05) is 0 Å². The highest BCUT2D eigenvalue weighted by Gasteiger charge is 2.37. The topological polar surface area (TPSA) is 100 Å². The molecule has 110 valence electrons.